The van der Waals surface area contributed by atoms with Crippen LogP contribution in [0, 0.1) is 6.92 Å². The fourth-order valence-electron chi connectivity index (χ4n) is 2.60. The smallest absolute Gasteiger partial charge is 0.286 e. The number of rotatable bonds is 5. The fourth-order valence-corrected chi connectivity index (χ4v) is 3.27. The quantitative estimate of drug-likeness (QED) is 0.427. The Balaban J connectivity index is 1.78. The van der Waals surface area contributed by atoms with Crippen molar-refractivity contribution < 1.29 is 13.6 Å². The maximum absolute atomic E-state index is 12.7. The van der Waals surface area contributed by atoms with Crippen LogP contribution in [0.15, 0.2) is 52.0 Å². The molecule has 0 atom stereocenters. The van der Waals surface area contributed by atoms with E-state index in [1.807, 2.05) is 0 Å². The first-order valence-corrected chi connectivity index (χ1v) is 9.36. The lowest BCUT2D eigenvalue weighted by Gasteiger charge is -2.07. The van der Waals surface area contributed by atoms with Crippen LogP contribution in [0.2, 0.25) is 10.0 Å². The van der Waals surface area contributed by atoms with E-state index in [1.54, 1.807) is 49.4 Å². The lowest BCUT2D eigenvalue weighted by Crippen LogP contribution is -2.32. The summed E-state index contributed by atoms with van der Waals surface area (Å²) in [4.78, 5) is 16.6. The zero-order valence-corrected chi connectivity index (χ0v) is 17.3. The highest BCUT2D eigenvalue weighted by molar-refractivity contribution is 6.34. The number of hydrogen-bond acceptors (Lipinski definition) is 4. The van der Waals surface area contributed by atoms with Crippen LogP contribution in [0.4, 0.5) is 0 Å². The van der Waals surface area contributed by atoms with Crippen molar-refractivity contribution in [2.45, 2.75) is 13.5 Å². The summed E-state index contributed by atoms with van der Waals surface area (Å²) in [6, 6.07) is 11.7. The number of nitrogens with two attached hydrogens (primary N) is 1. The number of carbonyl (C=O) groups excluding carboxylic acids is 1. The van der Waals surface area contributed by atoms with Crippen molar-refractivity contribution in [2.75, 3.05) is 0 Å². The molecule has 3 N–H and O–H groups in total. The highest BCUT2D eigenvalue weighted by Crippen LogP contribution is 2.28. The molecule has 7 nitrogen and oxygen atoms in total. The highest BCUT2D eigenvalue weighted by atomic mass is 35.5. The Hall–Kier alpha value is -2.74. The van der Waals surface area contributed by atoms with E-state index in [4.69, 9.17) is 45.3 Å². The number of halogens is 3. The number of guanidine groups is 1. The Morgan fingerprint density at radius 2 is 1.86 bits per heavy atom. The van der Waals surface area contributed by atoms with Crippen molar-refractivity contribution in [3.8, 4) is 17.0 Å². The number of amides is 1. The molecule has 150 valence electrons. The van der Waals surface area contributed by atoms with Gasteiger partial charge >= 0.3 is 0 Å². The van der Waals surface area contributed by atoms with Gasteiger partial charge in [-0.15, -0.1) is 0 Å². The molecule has 0 unspecified atom stereocenters. The van der Waals surface area contributed by atoms with Crippen molar-refractivity contribution in [3.63, 3.8) is 0 Å². The predicted molar refractivity (Wildman–Crippen MR) is 112 cm³/mol. The van der Waals surface area contributed by atoms with Crippen LogP contribution in [0.25, 0.3) is 11.3 Å². The van der Waals surface area contributed by atoms with Gasteiger partial charge in [0, 0.05) is 22.2 Å². The van der Waals surface area contributed by atoms with E-state index < -0.39 is 5.91 Å². The van der Waals surface area contributed by atoms with Crippen LogP contribution in [-0.4, -0.2) is 17.0 Å². The van der Waals surface area contributed by atoms with E-state index in [2.05, 4.69) is 19.8 Å². The molecule has 1 amide bonds. The first-order valence-electron chi connectivity index (χ1n) is 8.30. The van der Waals surface area contributed by atoms with Crippen molar-refractivity contribution in [1.82, 2.24) is 10.5 Å². The molecule has 0 aliphatic rings. The van der Waals surface area contributed by atoms with Gasteiger partial charge in [-0.1, -0.05) is 28.4 Å². The third kappa shape index (κ3) is 5.20. The molecule has 0 aliphatic heterocycles. The number of aromatic nitrogens is 1. The summed E-state index contributed by atoms with van der Waals surface area (Å²) in [6.45, 7) is 1.91. The molecule has 1 aromatic heterocycles. The van der Waals surface area contributed by atoms with Crippen LogP contribution in [0.3, 0.4) is 0 Å². The SMILES string of the molecule is Cc1onc(-c2ccc(OCl)cc2)c1C(=O)/N=C(\N)NCc1cc(Cl)cc(Cl)c1. The Kier molecular flexibility index (Phi) is 6.64. The molecule has 0 spiro atoms. The third-order valence-corrected chi connectivity index (χ3v) is 4.53. The minimum Gasteiger partial charge on any atom is -0.386 e. The van der Waals surface area contributed by atoms with Crippen LogP contribution in [-0.2, 0) is 6.54 Å². The maximum Gasteiger partial charge on any atom is 0.286 e. The van der Waals surface area contributed by atoms with Gasteiger partial charge in [0.25, 0.3) is 5.91 Å². The van der Waals surface area contributed by atoms with E-state index in [9.17, 15) is 4.79 Å². The van der Waals surface area contributed by atoms with Crippen molar-refractivity contribution in [1.29, 1.82) is 0 Å². The van der Waals surface area contributed by atoms with Crippen molar-refractivity contribution in [3.05, 3.63) is 69.4 Å². The van der Waals surface area contributed by atoms with Crippen LogP contribution in [0.1, 0.15) is 21.7 Å². The standard InChI is InChI=1S/C19H15Cl3N4O3/c1-10-16(17(26-29-10)12-2-4-15(28-22)5-3-12)18(27)25-19(23)24-9-11-6-13(20)8-14(21)7-11/h2-8H,9H2,1H3,(H3,23,24,25,27). The lowest BCUT2D eigenvalue weighted by molar-refractivity contribution is 0.100. The number of nitrogens with one attached hydrogen (secondary N) is 1. The average Bonchev–Trinajstić information content (AvgIpc) is 3.07. The Morgan fingerprint density at radius 1 is 1.21 bits per heavy atom. The van der Waals surface area contributed by atoms with E-state index in [1.165, 1.54) is 0 Å². The Bertz CT molecular complexity index is 1040. The monoisotopic (exact) mass is 452 g/mol. The largest absolute Gasteiger partial charge is 0.386 e. The molecule has 0 saturated carbocycles. The number of benzene rings is 2. The second-order valence-electron chi connectivity index (χ2n) is 6.00. The van der Waals surface area contributed by atoms with E-state index in [0.717, 1.165) is 5.56 Å². The van der Waals surface area contributed by atoms with Gasteiger partial charge in [-0.3, -0.25) is 4.79 Å². The zero-order valence-electron chi connectivity index (χ0n) is 15.1. The zero-order chi connectivity index (χ0) is 21.0. The van der Waals surface area contributed by atoms with Gasteiger partial charge in [0.1, 0.15) is 34.6 Å². The van der Waals surface area contributed by atoms with Gasteiger partial charge in [0.15, 0.2) is 5.96 Å². The van der Waals surface area contributed by atoms with Crippen molar-refractivity contribution >= 4 is 46.9 Å². The third-order valence-electron chi connectivity index (χ3n) is 3.91. The molecule has 0 fully saturated rings. The number of hydrogen-bond donors (Lipinski definition) is 2. The average molecular weight is 454 g/mol. The van der Waals surface area contributed by atoms with Gasteiger partial charge in [-0.05, 0) is 55.0 Å². The molecule has 3 aromatic rings. The van der Waals surface area contributed by atoms with Gasteiger partial charge in [-0.25, -0.2) is 0 Å². The Morgan fingerprint density at radius 3 is 2.48 bits per heavy atom. The Labute approximate surface area is 181 Å². The molecule has 0 aliphatic carbocycles. The first kappa shape index (κ1) is 21.0. The summed E-state index contributed by atoms with van der Waals surface area (Å²) < 4.78 is 9.79. The predicted octanol–water partition coefficient (Wildman–Crippen LogP) is 4.73. The number of aliphatic imine (C=N–C) groups is 1. The number of aryl methyl sites for hydroxylation is 1. The highest BCUT2D eigenvalue weighted by Gasteiger charge is 2.21. The molecule has 1 heterocycles. The second-order valence-corrected chi connectivity index (χ2v) is 7.02. The second kappa shape index (κ2) is 9.17. The number of nitrogens with zero attached hydrogens (tertiary/aromatic N) is 2. The summed E-state index contributed by atoms with van der Waals surface area (Å²) in [7, 11) is 0. The summed E-state index contributed by atoms with van der Waals surface area (Å²) >= 11 is 17.3. The van der Waals surface area contributed by atoms with Gasteiger partial charge in [0.05, 0.1) is 0 Å². The van der Waals surface area contributed by atoms with E-state index in [0.29, 0.717) is 32.8 Å². The van der Waals surface area contributed by atoms with Crippen LogP contribution in [0.5, 0.6) is 5.75 Å². The fraction of sp³-hybridized carbons (Fsp3) is 0.105. The normalized spacial score (nSPS) is 11.4. The minimum atomic E-state index is -0.592. The summed E-state index contributed by atoms with van der Waals surface area (Å²) in [6.07, 6.45) is 0. The molecule has 0 radical (unpaired) electrons. The van der Waals surface area contributed by atoms with Gasteiger partial charge < -0.3 is 19.9 Å². The molecule has 3 rings (SSSR count). The molecule has 2 aromatic carbocycles. The summed E-state index contributed by atoms with van der Waals surface area (Å²) in [5, 5.41) is 7.79. The van der Waals surface area contributed by atoms with Gasteiger partial charge in [-0.2, -0.15) is 4.99 Å². The van der Waals surface area contributed by atoms with E-state index >= 15 is 0 Å². The minimum absolute atomic E-state index is 0.0662. The molecule has 0 saturated heterocycles. The molecule has 10 heteroatoms. The molecular weight excluding hydrogens is 439 g/mol. The maximum atomic E-state index is 12.7. The molecule has 0 bridgehead atoms. The summed E-state index contributed by atoms with van der Waals surface area (Å²) in [5.41, 5.74) is 7.82. The van der Waals surface area contributed by atoms with Crippen molar-refractivity contribution in [2.24, 2.45) is 10.7 Å². The number of carbonyl (C=O) groups is 1. The molecular formula is C19H15Cl3N4O3. The van der Waals surface area contributed by atoms with Gasteiger partial charge in [0.2, 0.25) is 0 Å². The first-order chi connectivity index (χ1) is 13.9. The molecule has 29 heavy (non-hydrogen) atoms. The summed E-state index contributed by atoms with van der Waals surface area (Å²) in [5.74, 6) is 0.117. The van der Waals surface area contributed by atoms with Crippen LogP contribution >= 0.6 is 35.1 Å². The lowest BCUT2D eigenvalue weighted by atomic mass is 10.1. The van der Waals surface area contributed by atoms with Crippen LogP contribution < -0.4 is 15.3 Å². The topological polar surface area (TPSA) is 103 Å². The van der Waals surface area contributed by atoms with E-state index in [-0.39, 0.29) is 18.1 Å².